The highest BCUT2D eigenvalue weighted by Gasteiger charge is 2.41. The Bertz CT molecular complexity index is 518. The minimum atomic E-state index is -1.41. The number of hydrogen-bond acceptors (Lipinski definition) is 7. The third-order valence-corrected chi connectivity index (χ3v) is 4.79. The quantitative estimate of drug-likeness (QED) is 0.449. The molecule has 1 heterocycles. The van der Waals surface area contributed by atoms with Crippen LogP contribution in [0.5, 0.6) is 5.75 Å². The third-order valence-electron chi connectivity index (χ3n) is 3.74. The van der Waals surface area contributed by atoms with Crippen molar-refractivity contribution in [1.82, 2.24) is 0 Å². The number of methoxy groups -OCH3 is 1. The zero-order valence-corrected chi connectivity index (χ0v) is 13.6. The van der Waals surface area contributed by atoms with Crippen molar-refractivity contribution in [3.05, 3.63) is 41.9 Å². The first-order valence-electron chi connectivity index (χ1n) is 7.32. The van der Waals surface area contributed by atoms with Gasteiger partial charge in [-0.25, -0.2) is 0 Å². The number of benzene rings is 1. The standard InChI is InChI=1S/C16H22O6S/c1-21-11-4-2-10(3-5-11)6-7-23-9-13-15(19)16(20)14(18)12(8-17)22-13/h2-5,8,13-20H,6-7,9H2,1H3/b12-8+/t13-,14+,15-,16-/m0/s1. The van der Waals surface area contributed by atoms with Crippen LogP contribution in [-0.4, -0.2) is 63.5 Å². The van der Waals surface area contributed by atoms with Crippen molar-refractivity contribution >= 4 is 11.8 Å². The minimum Gasteiger partial charge on any atom is -0.512 e. The summed E-state index contributed by atoms with van der Waals surface area (Å²) in [5.74, 6) is 1.95. The molecule has 1 aromatic carbocycles. The average molecular weight is 342 g/mol. The molecule has 128 valence electrons. The molecule has 1 aromatic rings. The molecular formula is C16H22O6S. The lowest BCUT2D eigenvalue weighted by molar-refractivity contribution is -0.150. The van der Waals surface area contributed by atoms with Gasteiger partial charge in [-0.1, -0.05) is 12.1 Å². The predicted octanol–water partition coefficient (Wildman–Crippen LogP) is 0.852. The van der Waals surface area contributed by atoms with Gasteiger partial charge < -0.3 is 29.9 Å². The van der Waals surface area contributed by atoms with Gasteiger partial charge in [0.2, 0.25) is 0 Å². The van der Waals surface area contributed by atoms with E-state index in [2.05, 4.69) is 0 Å². The highest BCUT2D eigenvalue weighted by Crippen LogP contribution is 2.26. The van der Waals surface area contributed by atoms with Crippen LogP contribution in [0.4, 0.5) is 0 Å². The van der Waals surface area contributed by atoms with E-state index in [1.807, 2.05) is 24.3 Å². The molecule has 2 rings (SSSR count). The first-order chi connectivity index (χ1) is 11.1. The summed E-state index contributed by atoms with van der Waals surface area (Å²) in [4.78, 5) is 0. The second-order valence-electron chi connectivity index (χ2n) is 5.29. The number of thioether (sulfide) groups is 1. The largest absolute Gasteiger partial charge is 0.512 e. The molecule has 0 unspecified atom stereocenters. The van der Waals surface area contributed by atoms with Gasteiger partial charge in [0.25, 0.3) is 0 Å². The zero-order valence-electron chi connectivity index (χ0n) is 12.8. The van der Waals surface area contributed by atoms with E-state index in [-0.39, 0.29) is 5.76 Å². The van der Waals surface area contributed by atoms with Crippen LogP contribution in [0.3, 0.4) is 0 Å². The molecule has 0 saturated carbocycles. The second kappa shape index (κ2) is 8.44. The molecule has 1 aliphatic heterocycles. The van der Waals surface area contributed by atoms with E-state index in [1.54, 1.807) is 18.9 Å². The summed E-state index contributed by atoms with van der Waals surface area (Å²) < 4.78 is 10.4. The maximum absolute atomic E-state index is 9.92. The van der Waals surface area contributed by atoms with E-state index in [0.717, 1.165) is 17.9 Å². The molecule has 0 bridgehead atoms. The van der Waals surface area contributed by atoms with Crippen LogP contribution in [0, 0.1) is 0 Å². The molecule has 1 fully saturated rings. The predicted molar refractivity (Wildman–Crippen MR) is 87.6 cm³/mol. The van der Waals surface area contributed by atoms with Gasteiger partial charge in [-0.15, -0.1) is 0 Å². The fourth-order valence-electron chi connectivity index (χ4n) is 2.31. The van der Waals surface area contributed by atoms with Crippen molar-refractivity contribution in [2.75, 3.05) is 18.6 Å². The Kier molecular flexibility index (Phi) is 6.59. The van der Waals surface area contributed by atoms with Crippen LogP contribution in [0.2, 0.25) is 0 Å². The summed E-state index contributed by atoms with van der Waals surface area (Å²) in [5, 5.41) is 38.3. The van der Waals surface area contributed by atoms with Gasteiger partial charge in [-0.2, -0.15) is 11.8 Å². The Morgan fingerprint density at radius 2 is 1.87 bits per heavy atom. The molecule has 0 spiro atoms. The lowest BCUT2D eigenvalue weighted by atomic mass is 9.99. The molecule has 0 aromatic heterocycles. The summed E-state index contributed by atoms with van der Waals surface area (Å²) in [6.07, 6.45) is -3.17. The summed E-state index contributed by atoms with van der Waals surface area (Å²) in [7, 11) is 1.63. The van der Waals surface area contributed by atoms with Crippen LogP contribution in [0.15, 0.2) is 36.3 Å². The lowest BCUT2D eigenvalue weighted by Crippen LogP contribution is -2.52. The van der Waals surface area contributed by atoms with Crippen molar-refractivity contribution in [2.45, 2.75) is 30.8 Å². The maximum Gasteiger partial charge on any atom is 0.162 e. The Morgan fingerprint density at radius 1 is 1.17 bits per heavy atom. The molecule has 0 aliphatic carbocycles. The number of aliphatic hydroxyl groups is 4. The van der Waals surface area contributed by atoms with E-state index in [9.17, 15) is 15.3 Å². The normalized spacial score (nSPS) is 29.3. The number of rotatable bonds is 6. The van der Waals surface area contributed by atoms with Crippen LogP contribution >= 0.6 is 11.8 Å². The fraction of sp³-hybridized carbons (Fsp3) is 0.500. The average Bonchev–Trinajstić information content (AvgIpc) is 2.59. The lowest BCUT2D eigenvalue weighted by Gasteiger charge is -2.36. The number of aryl methyl sites for hydroxylation is 1. The van der Waals surface area contributed by atoms with E-state index >= 15 is 0 Å². The third kappa shape index (κ3) is 4.54. The zero-order chi connectivity index (χ0) is 16.8. The number of hydrogen-bond donors (Lipinski definition) is 4. The fourth-order valence-corrected chi connectivity index (χ4v) is 3.35. The smallest absolute Gasteiger partial charge is 0.162 e. The minimum absolute atomic E-state index is 0.122. The molecule has 7 heteroatoms. The van der Waals surface area contributed by atoms with E-state index in [4.69, 9.17) is 14.6 Å². The van der Waals surface area contributed by atoms with E-state index in [0.29, 0.717) is 12.0 Å². The molecule has 23 heavy (non-hydrogen) atoms. The first-order valence-corrected chi connectivity index (χ1v) is 8.48. The first kappa shape index (κ1) is 17.9. The van der Waals surface area contributed by atoms with Crippen LogP contribution in [0.1, 0.15) is 5.56 Å². The van der Waals surface area contributed by atoms with Crippen molar-refractivity contribution < 1.29 is 29.9 Å². The topological polar surface area (TPSA) is 99.4 Å². The van der Waals surface area contributed by atoms with Crippen molar-refractivity contribution in [2.24, 2.45) is 0 Å². The maximum atomic E-state index is 9.92. The van der Waals surface area contributed by atoms with E-state index < -0.39 is 24.4 Å². The Morgan fingerprint density at radius 3 is 2.48 bits per heavy atom. The van der Waals surface area contributed by atoms with Crippen LogP contribution < -0.4 is 4.74 Å². The summed E-state index contributed by atoms with van der Waals surface area (Å²) in [6, 6.07) is 7.81. The Balaban J connectivity index is 1.78. The molecular weight excluding hydrogens is 320 g/mol. The van der Waals surface area contributed by atoms with Gasteiger partial charge >= 0.3 is 0 Å². The molecule has 0 radical (unpaired) electrons. The van der Waals surface area contributed by atoms with Gasteiger partial charge in [-0.05, 0) is 29.9 Å². The van der Waals surface area contributed by atoms with Crippen molar-refractivity contribution in [1.29, 1.82) is 0 Å². The molecule has 1 saturated heterocycles. The number of aliphatic hydroxyl groups excluding tert-OH is 4. The van der Waals surface area contributed by atoms with E-state index in [1.165, 1.54) is 5.56 Å². The van der Waals surface area contributed by atoms with Gasteiger partial charge in [0.05, 0.1) is 7.11 Å². The highest BCUT2D eigenvalue weighted by atomic mass is 32.2. The second-order valence-corrected chi connectivity index (χ2v) is 6.44. The summed E-state index contributed by atoms with van der Waals surface area (Å²) in [6.45, 7) is 0. The molecule has 1 aliphatic rings. The van der Waals surface area contributed by atoms with Gasteiger partial charge in [0, 0.05) is 5.75 Å². The van der Waals surface area contributed by atoms with Crippen molar-refractivity contribution in [3.8, 4) is 5.75 Å². The Labute approximate surface area is 139 Å². The van der Waals surface area contributed by atoms with Crippen LogP contribution in [0.25, 0.3) is 0 Å². The Hall–Kier alpha value is -1.41. The van der Waals surface area contributed by atoms with Gasteiger partial charge in [0.15, 0.2) is 5.76 Å². The summed E-state index contributed by atoms with van der Waals surface area (Å²) in [5.41, 5.74) is 1.18. The van der Waals surface area contributed by atoms with Crippen molar-refractivity contribution in [3.63, 3.8) is 0 Å². The monoisotopic (exact) mass is 342 g/mol. The van der Waals surface area contributed by atoms with Gasteiger partial charge in [-0.3, -0.25) is 0 Å². The van der Waals surface area contributed by atoms with Crippen LogP contribution in [-0.2, 0) is 11.2 Å². The summed E-state index contributed by atoms with van der Waals surface area (Å²) >= 11 is 1.57. The number of ether oxygens (including phenoxy) is 2. The molecule has 4 N–H and O–H groups in total. The highest BCUT2D eigenvalue weighted by molar-refractivity contribution is 7.99. The molecule has 6 nitrogen and oxygen atoms in total. The van der Waals surface area contributed by atoms with Gasteiger partial charge in [0.1, 0.15) is 36.4 Å². The SMILES string of the molecule is COc1ccc(CCSC[C@@H]2O/C(=C/O)[C@@H](O)[C@H](O)[C@H]2O)cc1. The molecule has 4 atom stereocenters. The molecule has 0 amide bonds.